The highest BCUT2D eigenvalue weighted by atomic mass is 32.1. The normalized spacial score (nSPS) is 13.6. The highest BCUT2D eigenvalue weighted by molar-refractivity contribution is 7.07. The minimum absolute atomic E-state index is 0.0313. The molecule has 0 saturated carbocycles. The second kappa shape index (κ2) is 8.99. The monoisotopic (exact) mass is 441 g/mol. The van der Waals surface area contributed by atoms with E-state index < -0.39 is 0 Å². The number of nitrogens with zero attached hydrogens (tertiary/aromatic N) is 4. The fourth-order valence-electron chi connectivity index (χ4n) is 3.28. The summed E-state index contributed by atoms with van der Waals surface area (Å²) in [4.78, 5) is 21.4. The van der Waals surface area contributed by atoms with Crippen LogP contribution in [0.25, 0.3) is 11.3 Å². The van der Waals surface area contributed by atoms with E-state index in [9.17, 15) is 4.79 Å². The van der Waals surface area contributed by atoms with Crippen molar-refractivity contribution in [3.8, 4) is 17.0 Å². The summed E-state index contributed by atoms with van der Waals surface area (Å²) >= 11 is 1.51. The minimum Gasteiger partial charge on any atom is -0.482 e. The van der Waals surface area contributed by atoms with Crippen molar-refractivity contribution in [1.29, 1.82) is 0 Å². The molecule has 7 nitrogen and oxygen atoms in total. The lowest BCUT2D eigenvalue weighted by Crippen LogP contribution is -2.25. The zero-order chi connectivity index (χ0) is 21.8. The highest BCUT2D eigenvalue weighted by Crippen LogP contribution is 2.32. The van der Waals surface area contributed by atoms with Gasteiger partial charge in [0, 0.05) is 23.3 Å². The number of thiazole rings is 1. The molecular formula is C24H19N5O2S. The number of carbonyl (C=O) groups excluding carboxylic acids is 1. The summed E-state index contributed by atoms with van der Waals surface area (Å²) < 4.78 is 7.31. The number of nitrogens with one attached hydrogen (secondary N) is 1. The summed E-state index contributed by atoms with van der Waals surface area (Å²) in [6, 6.07) is 19.6. The van der Waals surface area contributed by atoms with Gasteiger partial charge < -0.3 is 10.1 Å². The molecule has 1 aliphatic heterocycles. The molecule has 1 aliphatic rings. The van der Waals surface area contributed by atoms with Crippen LogP contribution >= 0.6 is 11.3 Å². The van der Waals surface area contributed by atoms with Crippen LogP contribution in [0.15, 0.2) is 88.5 Å². The maximum absolute atomic E-state index is 11.7. The number of fused-ring (bicyclic) bond motifs is 1. The van der Waals surface area contributed by atoms with Crippen LogP contribution in [0, 0.1) is 0 Å². The molecule has 158 valence electrons. The first-order valence-corrected chi connectivity index (χ1v) is 10.9. The van der Waals surface area contributed by atoms with Gasteiger partial charge in [0.05, 0.1) is 24.1 Å². The number of amides is 1. The van der Waals surface area contributed by atoms with Crippen molar-refractivity contribution in [3.05, 3.63) is 94.4 Å². The SMILES string of the molecule is O=C1COc2ccc(-c3csc(=NCc4ccccc4)n3N=Cc3ccncc3)cc2N1. The Bertz CT molecular complexity index is 1340. The second-order valence-corrected chi connectivity index (χ2v) is 7.93. The molecule has 1 amide bonds. The van der Waals surface area contributed by atoms with Crippen molar-refractivity contribution in [2.45, 2.75) is 6.54 Å². The van der Waals surface area contributed by atoms with E-state index in [2.05, 4.69) is 22.4 Å². The standard InChI is InChI=1S/C24H19N5O2S/c30-23-15-31-22-7-6-19(12-20(22)28-23)21-16-32-24(26-13-17-4-2-1-3-5-17)29(21)27-14-18-8-10-25-11-9-18/h1-12,14,16H,13,15H2,(H,28,30). The van der Waals surface area contributed by atoms with E-state index in [0.29, 0.717) is 18.0 Å². The maximum Gasteiger partial charge on any atom is 0.262 e. The fraction of sp³-hybridized carbons (Fsp3) is 0.0833. The van der Waals surface area contributed by atoms with Gasteiger partial charge >= 0.3 is 0 Å². The molecule has 0 spiro atoms. The Kier molecular flexibility index (Phi) is 5.59. The molecule has 1 N–H and O–H groups in total. The number of rotatable bonds is 5. The lowest BCUT2D eigenvalue weighted by Gasteiger charge is -2.18. The molecule has 0 radical (unpaired) electrons. The Hall–Kier alpha value is -4.04. The minimum atomic E-state index is -0.165. The summed E-state index contributed by atoms with van der Waals surface area (Å²) in [5.41, 5.74) is 4.48. The van der Waals surface area contributed by atoms with E-state index in [1.54, 1.807) is 18.6 Å². The Morgan fingerprint density at radius 2 is 1.97 bits per heavy atom. The largest absolute Gasteiger partial charge is 0.482 e. The Balaban J connectivity index is 1.56. The lowest BCUT2D eigenvalue weighted by atomic mass is 10.1. The number of hydrogen-bond donors (Lipinski definition) is 1. The Labute approximate surface area is 188 Å². The summed E-state index contributed by atoms with van der Waals surface area (Å²) in [7, 11) is 0. The van der Waals surface area contributed by atoms with E-state index in [4.69, 9.17) is 14.8 Å². The van der Waals surface area contributed by atoms with Crippen LogP contribution < -0.4 is 14.9 Å². The van der Waals surface area contributed by atoms with Crippen molar-refractivity contribution < 1.29 is 9.53 Å². The van der Waals surface area contributed by atoms with Crippen molar-refractivity contribution in [3.63, 3.8) is 0 Å². The molecule has 8 heteroatoms. The molecule has 0 unspecified atom stereocenters. The van der Waals surface area contributed by atoms with Gasteiger partial charge in [-0.3, -0.25) is 14.8 Å². The molecule has 4 aromatic rings. The summed E-state index contributed by atoms with van der Waals surface area (Å²) in [5.74, 6) is 0.492. The van der Waals surface area contributed by atoms with Gasteiger partial charge in [0.2, 0.25) is 4.80 Å². The number of ether oxygens (including phenoxy) is 1. The van der Waals surface area contributed by atoms with Crippen LogP contribution in [0.5, 0.6) is 5.75 Å². The topological polar surface area (TPSA) is 80.9 Å². The molecule has 0 atom stereocenters. The van der Waals surface area contributed by atoms with Crippen LogP contribution in [0.4, 0.5) is 5.69 Å². The van der Waals surface area contributed by atoms with Crippen LogP contribution in [-0.4, -0.2) is 28.4 Å². The third kappa shape index (κ3) is 4.35. The van der Waals surface area contributed by atoms with Gasteiger partial charge in [0.15, 0.2) is 6.61 Å². The average Bonchev–Trinajstić information content (AvgIpc) is 3.25. The molecule has 3 heterocycles. The smallest absolute Gasteiger partial charge is 0.262 e. The van der Waals surface area contributed by atoms with Crippen molar-refractivity contribution in [2.75, 3.05) is 11.9 Å². The van der Waals surface area contributed by atoms with Crippen LogP contribution in [0.3, 0.4) is 0 Å². The molecule has 0 saturated heterocycles. The molecule has 0 fully saturated rings. The van der Waals surface area contributed by atoms with Gasteiger partial charge in [0.1, 0.15) is 5.75 Å². The van der Waals surface area contributed by atoms with E-state index >= 15 is 0 Å². The summed E-state index contributed by atoms with van der Waals surface area (Å²) in [6.07, 6.45) is 5.24. The average molecular weight is 442 g/mol. The lowest BCUT2D eigenvalue weighted by molar-refractivity contribution is -0.118. The number of aromatic nitrogens is 2. The number of pyridine rings is 1. The van der Waals surface area contributed by atoms with Gasteiger partial charge in [-0.1, -0.05) is 30.3 Å². The highest BCUT2D eigenvalue weighted by Gasteiger charge is 2.17. The predicted octanol–water partition coefficient (Wildman–Crippen LogP) is 3.93. The second-order valence-electron chi connectivity index (χ2n) is 7.09. The molecule has 0 bridgehead atoms. The van der Waals surface area contributed by atoms with E-state index in [1.807, 2.05) is 58.6 Å². The van der Waals surface area contributed by atoms with Crippen LogP contribution in [0.2, 0.25) is 0 Å². The molecule has 2 aromatic carbocycles. The van der Waals surface area contributed by atoms with Crippen molar-refractivity contribution in [1.82, 2.24) is 9.66 Å². The first-order valence-electron chi connectivity index (χ1n) is 10.0. The van der Waals surface area contributed by atoms with Gasteiger partial charge in [-0.25, -0.2) is 4.68 Å². The van der Waals surface area contributed by atoms with Gasteiger partial charge in [-0.2, -0.15) is 5.10 Å². The van der Waals surface area contributed by atoms with Gasteiger partial charge in [-0.05, 0) is 41.5 Å². The molecular weight excluding hydrogens is 422 g/mol. The number of hydrogen-bond acceptors (Lipinski definition) is 6. The number of anilines is 1. The van der Waals surface area contributed by atoms with Crippen LogP contribution in [-0.2, 0) is 11.3 Å². The van der Waals surface area contributed by atoms with Crippen molar-refractivity contribution in [2.24, 2.45) is 10.1 Å². The Morgan fingerprint density at radius 3 is 2.81 bits per heavy atom. The Morgan fingerprint density at radius 1 is 1.12 bits per heavy atom. The number of carbonyl (C=O) groups is 1. The third-order valence-electron chi connectivity index (χ3n) is 4.86. The quantitative estimate of drug-likeness (QED) is 0.477. The summed E-state index contributed by atoms with van der Waals surface area (Å²) in [6.45, 7) is 0.587. The fourth-order valence-corrected chi connectivity index (χ4v) is 4.11. The maximum atomic E-state index is 11.7. The van der Waals surface area contributed by atoms with Gasteiger partial charge in [-0.15, -0.1) is 11.3 Å². The molecule has 2 aromatic heterocycles. The third-order valence-corrected chi connectivity index (χ3v) is 5.72. The first kappa shape index (κ1) is 19.9. The zero-order valence-corrected chi connectivity index (χ0v) is 17.8. The van der Waals surface area contributed by atoms with E-state index in [-0.39, 0.29) is 12.5 Å². The molecule has 5 rings (SSSR count). The van der Waals surface area contributed by atoms with Crippen molar-refractivity contribution >= 4 is 29.1 Å². The predicted molar refractivity (Wildman–Crippen MR) is 125 cm³/mol. The molecule has 0 aliphatic carbocycles. The first-order chi connectivity index (χ1) is 15.8. The van der Waals surface area contributed by atoms with E-state index in [0.717, 1.165) is 27.2 Å². The molecule has 32 heavy (non-hydrogen) atoms. The number of benzene rings is 2. The van der Waals surface area contributed by atoms with E-state index in [1.165, 1.54) is 11.3 Å². The van der Waals surface area contributed by atoms with Crippen LogP contribution in [0.1, 0.15) is 11.1 Å². The summed E-state index contributed by atoms with van der Waals surface area (Å²) in [5, 5.41) is 9.59. The zero-order valence-electron chi connectivity index (χ0n) is 17.0. The van der Waals surface area contributed by atoms with Gasteiger partial charge in [0.25, 0.3) is 5.91 Å².